The number of anilines is 3. The number of nitrogens with zero attached hydrogens (tertiary/aromatic N) is 2. The lowest BCUT2D eigenvalue weighted by Crippen LogP contribution is -2.04. The summed E-state index contributed by atoms with van der Waals surface area (Å²) in [6.45, 7) is 1.87. The fraction of sp³-hybridized carbons (Fsp3) is 0.100. The molecule has 1 aromatic carbocycles. The van der Waals surface area contributed by atoms with Crippen LogP contribution in [0.5, 0.6) is 0 Å². The second-order valence-electron chi connectivity index (χ2n) is 6.26. The van der Waals surface area contributed by atoms with E-state index in [-0.39, 0.29) is 5.88 Å². The van der Waals surface area contributed by atoms with Crippen molar-refractivity contribution < 1.29 is 17.6 Å². The normalized spacial score (nSPS) is 11.7. The fourth-order valence-electron chi connectivity index (χ4n) is 2.96. The van der Waals surface area contributed by atoms with Gasteiger partial charge in [0.2, 0.25) is 5.88 Å². The minimum absolute atomic E-state index is 0.120. The van der Waals surface area contributed by atoms with E-state index in [1.54, 1.807) is 18.5 Å². The van der Waals surface area contributed by atoms with E-state index >= 15 is 0 Å². The summed E-state index contributed by atoms with van der Waals surface area (Å²) in [6.07, 6.45) is -1.08. The fourth-order valence-corrected chi connectivity index (χ4v) is 2.96. The Morgan fingerprint density at radius 3 is 2.39 bits per heavy atom. The van der Waals surface area contributed by atoms with Gasteiger partial charge >= 0.3 is 6.18 Å². The van der Waals surface area contributed by atoms with Crippen LogP contribution in [0.3, 0.4) is 0 Å². The van der Waals surface area contributed by atoms with E-state index < -0.39 is 11.7 Å². The van der Waals surface area contributed by atoms with Crippen LogP contribution >= 0.6 is 0 Å². The van der Waals surface area contributed by atoms with Crippen molar-refractivity contribution >= 4 is 28.2 Å². The van der Waals surface area contributed by atoms with E-state index in [4.69, 9.17) is 10.2 Å². The average Bonchev–Trinajstić information content (AvgIpc) is 2.97. The van der Waals surface area contributed by atoms with Crippen LogP contribution in [0.1, 0.15) is 11.3 Å². The van der Waals surface area contributed by atoms with Crippen LogP contribution in [0.4, 0.5) is 30.4 Å². The number of aromatic nitrogens is 2. The highest BCUT2D eigenvalue weighted by Gasteiger charge is 2.30. The number of hydrogen-bond donors (Lipinski definition) is 2. The molecule has 0 saturated heterocycles. The van der Waals surface area contributed by atoms with E-state index in [1.165, 1.54) is 12.1 Å². The zero-order valence-corrected chi connectivity index (χ0v) is 14.7. The van der Waals surface area contributed by atoms with Gasteiger partial charge in [-0.15, -0.1) is 0 Å². The van der Waals surface area contributed by atoms with E-state index in [9.17, 15) is 13.2 Å². The van der Waals surface area contributed by atoms with E-state index in [2.05, 4.69) is 15.3 Å². The molecule has 4 rings (SSSR count). The van der Waals surface area contributed by atoms with E-state index in [0.717, 1.165) is 23.4 Å². The van der Waals surface area contributed by atoms with Crippen LogP contribution < -0.4 is 11.1 Å². The third-order valence-electron chi connectivity index (χ3n) is 4.28. The van der Waals surface area contributed by atoms with Crippen molar-refractivity contribution in [2.45, 2.75) is 13.1 Å². The van der Waals surface area contributed by atoms with Crippen LogP contribution in [0.15, 0.2) is 59.3 Å². The molecule has 0 amide bonds. The molecule has 0 aliphatic heterocycles. The van der Waals surface area contributed by atoms with Gasteiger partial charge in [-0.05, 0) is 49.4 Å². The second kappa shape index (κ2) is 6.56. The van der Waals surface area contributed by atoms with Crippen molar-refractivity contribution in [1.82, 2.24) is 9.97 Å². The zero-order valence-electron chi connectivity index (χ0n) is 14.7. The van der Waals surface area contributed by atoms with Gasteiger partial charge in [0.15, 0.2) is 5.58 Å². The predicted molar refractivity (Wildman–Crippen MR) is 101 cm³/mol. The summed E-state index contributed by atoms with van der Waals surface area (Å²) < 4.78 is 43.9. The van der Waals surface area contributed by atoms with Gasteiger partial charge in [0, 0.05) is 29.3 Å². The van der Waals surface area contributed by atoms with Gasteiger partial charge in [-0.25, -0.2) is 0 Å². The number of halogens is 3. The van der Waals surface area contributed by atoms with Crippen molar-refractivity contribution in [1.29, 1.82) is 0 Å². The molecule has 0 unspecified atom stereocenters. The highest BCUT2D eigenvalue weighted by atomic mass is 19.4. The third kappa shape index (κ3) is 3.24. The molecular weight excluding hydrogens is 369 g/mol. The first-order valence-corrected chi connectivity index (χ1v) is 8.37. The highest BCUT2D eigenvalue weighted by Crippen LogP contribution is 2.39. The van der Waals surface area contributed by atoms with Crippen LogP contribution in [-0.4, -0.2) is 9.97 Å². The Labute approximate surface area is 158 Å². The number of nitrogens with one attached hydrogen (secondary N) is 1. The molecule has 0 aliphatic rings. The second-order valence-corrected chi connectivity index (χ2v) is 6.26. The Morgan fingerprint density at radius 1 is 1.00 bits per heavy atom. The third-order valence-corrected chi connectivity index (χ3v) is 4.28. The number of nitrogens with two attached hydrogens (primary N) is 1. The van der Waals surface area contributed by atoms with Gasteiger partial charge in [0.25, 0.3) is 0 Å². The van der Waals surface area contributed by atoms with Crippen LogP contribution in [-0.2, 0) is 6.18 Å². The maximum Gasteiger partial charge on any atom is 0.416 e. The summed E-state index contributed by atoms with van der Waals surface area (Å²) in [5.41, 5.74) is 8.99. The minimum Gasteiger partial charge on any atom is -0.436 e. The first-order valence-electron chi connectivity index (χ1n) is 8.37. The van der Waals surface area contributed by atoms with Gasteiger partial charge in [0.05, 0.1) is 10.9 Å². The molecule has 0 atom stereocenters. The molecule has 3 aromatic heterocycles. The molecule has 0 saturated carbocycles. The molecule has 0 spiro atoms. The molecule has 4 aromatic rings. The first-order chi connectivity index (χ1) is 13.3. The predicted octanol–water partition coefficient (Wildman–Crippen LogP) is 5.54. The summed E-state index contributed by atoms with van der Waals surface area (Å²) in [5.74, 6) is 0.120. The Morgan fingerprint density at radius 2 is 1.71 bits per heavy atom. The number of hydrogen-bond acceptors (Lipinski definition) is 5. The quantitative estimate of drug-likeness (QED) is 0.485. The minimum atomic E-state index is -4.39. The monoisotopic (exact) mass is 384 g/mol. The topological polar surface area (TPSA) is 77.0 Å². The Kier molecular flexibility index (Phi) is 4.18. The number of rotatable bonds is 3. The summed E-state index contributed by atoms with van der Waals surface area (Å²) >= 11 is 0. The number of aryl methyl sites for hydroxylation is 1. The maximum atomic E-state index is 12.7. The highest BCUT2D eigenvalue weighted by molar-refractivity contribution is 6.03. The lowest BCUT2D eigenvalue weighted by Gasteiger charge is -2.09. The number of fused-ring (bicyclic) bond motifs is 1. The standard InChI is InChI=1S/C20H15F3N4O/c1-11-10-12(6-8-25-11)16-18-15(7-9-26-16)17(19(24)28-18)27-14-4-2-13(3-5-14)20(21,22)23/h2-10,27H,24H2,1H3. The number of alkyl halides is 3. The Hall–Kier alpha value is -3.55. The van der Waals surface area contributed by atoms with Crippen LogP contribution in [0, 0.1) is 6.92 Å². The summed E-state index contributed by atoms with van der Waals surface area (Å²) in [6, 6.07) is 10.1. The molecule has 142 valence electrons. The molecule has 0 bridgehead atoms. The molecule has 0 radical (unpaired) electrons. The molecule has 0 fully saturated rings. The van der Waals surface area contributed by atoms with Gasteiger partial charge in [-0.2, -0.15) is 13.2 Å². The molecule has 5 nitrogen and oxygen atoms in total. The Balaban J connectivity index is 1.75. The van der Waals surface area contributed by atoms with E-state index in [1.807, 2.05) is 19.1 Å². The van der Waals surface area contributed by atoms with Gasteiger partial charge in [-0.1, -0.05) is 0 Å². The number of benzene rings is 1. The van der Waals surface area contributed by atoms with Crippen LogP contribution in [0.25, 0.3) is 22.2 Å². The molecule has 3 N–H and O–H groups in total. The SMILES string of the molecule is Cc1cc(-c2nccc3c(Nc4ccc(C(F)(F)F)cc4)c(N)oc23)ccn1. The van der Waals surface area contributed by atoms with Gasteiger partial charge < -0.3 is 15.5 Å². The van der Waals surface area contributed by atoms with Crippen molar-refractivity contribution in [3.63, 3.8) is 0 Å². The molecule has 8 heteroatoms. The average molecular weight is 384 g/mol. The summed E-state index contributed by atoms with van der Waals surface area (Å²) in [4.78, 5) is 8.56. The van der Waals surface area contributed by atoms with Crippen molar-refractivity contribution in [2.24, 2.45) is 0 Å². The van der Waals surface area contributed by atoms with Crippen molar-refractivity contribution in [3.05, 3.63) is 66.1 Å². The Bertz CT molecular complexity index is 1150. The summed E-state index contributed by atoms with van der Waals surface area (Å²) in [5, 5.41) is 3.72. The lowest BCUT2D eigenvalue weighted by atomic mass is 10.1. The van der Waals surface area contributed by atoms with Crippen LogP contribution in [0.2, 0.25) is 0 Å². The lowest BCUT2D eigenvalue weighted by molar-refractivity contribution is -0.137. The van der Waals surface area contributed by atoms with E-state index in [0.29, 0.717) is 28.0 Å². The molecular formula is C20H15F3N4O. The molecule has 3 heterocycles. The zero-order chi connectivity index (χ0) is 19.9. The van der Waals surface area contributed by atoms with Crippen molar-refractivity contribution in [3.8, 4) is 11.3 Å². The maximum absolute atomic E-state index is 12.7. The number of pyridine rings is 2. The van der Waals surface area contributed by atoms with Gasteiger partial charge in [0.1, 0.15) is 11.4 Å². The van der Waals surface area contributed by atoms with Crippen molar-refractivity contribution in [2.75, 3.05) is 11.1 Å². The molecule has 28 heavy (non-hydrogen) atoms. The van der Waals surface area contributed by atoms with Gasteiger partial charge in [-0.3, -0.25) is 9.97 Å². The number of furan rings is 1. The summed E-state index contributed by atoms with van der Waals surface area (Å²) in [7, 11) is 0. The molecule has 0 aliphatic carbocycles. The first kappa shape index (κ1) is 17.8. The smallest absolute Gasteiger partial charge is 0.416 e. The number of nitrogen functional groups attached to an aromatic ring is 1. The largest absolute Gasteiger partial charge is 0.436 e.